The summed E-state index contributed by atoms with van der Waals surface area (Å²) in [5.41, 5.74) is 2.42. The lowest BCUT2D eigenvalue weighted by molar-refractivity contribution is 0.0885. The summed E-state index contributed by atoms with van der Waals surface area (Å²) in [5, 5.41) is 17.9. The largest absolute Gasteiger partial charge is 0.394 e. The molecular formula is C11H15BrO2. The lowest BCUT2D eigenvalue weighted by Crippen LogP contribution is -2.12. The van der Waals surface area contributed by atoms with Gasteiger partial charge in [-0.15, -0.1) is 0 Å². The van der Waals surface area contributed by atoms with Crippen molar-refractivity contribution in [2.24, 2.45) is 0 Å². The Hall–Kier alpha value is -0.380. The van der Waals surface area contributed by atoms with Crippen LogP contribution in [0.2, 0.25) is 0 Å². The van der Waals surface area contributed by atoms with E-state index in [1.807, 2.05) is 25.1 Å². The molecule has 3 heteroatoms. The van der Waals surface area contributed by atoms with E-state index in [1.165, 1.54) is 11.1 Å². The third-order valence-electron chi connectivity index (χ3n) is 2.34. The predicted octanol–water partition coefficient (Wildman–Crippen LogP) is 2.04. The van der Waals surface area contributed by atoms with Crippen LogP contribution < -0.4 is 0 Å². The Balaban J connectivity index is 2.63. The second-order valence-electron chi connectivity index (χ2n) is 3.40. The molecule has 0 saturated carbocycles. The van der Waals surface area contributed by atoms with Crippen molar-refractivity contribution in [3.8, 4) is 0 Å². The van der Waals surface area contributed by atoms with Crippen molar-refractivity contribution in [3.63, 3.8) is 0 Å². The Labute approximate surface area is 92.7 Å². The molecule has 1 rings (SSSR count). The van der Waals surface area contributed by atoms with E-state index in [9.17, 15) is 5.11 Å². The van der Waals surface area contributed by atoms with Gasteiger partial charge in [-0.25, -0.2) is 0 Å². The van der Waals surface area contributed by atoms with Crippen molar-refractivity contribution in [3.05, 3.63) is 33.8 Å². The molecule has 78 valence electrons. The Bertz CT molecular complexity index is 299. The maximum atomic E-state index is 9.22. The molecule has 0 aliphatic carbocycles. The summed E-state index contributed by atoms with van der Waals surface area (Å²) < 4.78 is 1.09. The average molecular weight is 259 g/mol. The number of halogens is 1. The van der Waals surface area contributed by atoms with Gasteiger partial charge in [0, 0.05) is 4.47 Å². The molecule has 0 aliphatic heterocycles. The highest BCUT2D eigenvalue weighted by Gasteiger charge is 2.05. The molecule has 2 N–H and O–H groups in total. The second kappa shape index (κ2) is 5.49. The molecule has 0 spiro atoms. The van der Waals surface area contributed by atoms with Crippen molar-refractivity contribution in [2.45, 2.75) is 25.9 Å². The maximum Gasteiger partial charge on any atom is 0.0774 e. The molecule has 0 fully saturated rings. The molecule has 2 nitrogen and oxygen atoms in total. The van der Waals surface area contributed by atoms with Crippen LogP contribution in [0.25, 0.3) is 0 Å². The standard InChI is InChI=1S/C11H15BrO2/c1-8-9(3-2-4-11(8)12)5-6-10(14)7-13/h2-4,10,13-14H,5-7H2,1H3. The minimum absolute atomic E-state index is 0.160. The van der Waals surface area contributed by atoms with Crippen LogP contribution in [0, 0.1) is 6.92 Å². The third kappa shape index (κ3) is 3.08. The van der Waals surface area contributed by atoms with Crippen molar-refractivity contribution in [1.82, 2.24) is 0 Å². The van der Waals surface area contributed by atoms with Crippen molar-refractivity contribution in [1.29, 1.82) is 0 Å². The normalized spacial score (nSPS) is 12.9. The number of hydrogen-bond acceptors (Lipinski definition) is 2. The van der Waals surface area contributed by atoms with Crippen LogP contribution in [-0.4, -0.2) is 22.9 Å². The van der Waals surface area contributed by atoms with Crippen LogP contribution in [-0.2, 0) is 6.42 Å². The molecule has 1 aromatic carbocycles. The number of aliphatic hydroxyl groups is 2. The van der Waals surface area contributed by atoms with Gasteiger partial charge in [-0.3, -0.25) is 0 Å². The Morgan fingerprint density at radius 2 is 2.14 bits per heavy atom. The maximum absolute atomic E-state index is 9.22. The van der Waals surface area contributed by atoms with Crippen LogP contribution in [0.3, 0.4) is 0 Å². The summed E-state index contributed by atoms with van der Waals surface area (Å²) in [7, 11) is 0. The van der Waals surface area contributed by atoms with Crippen LogP contribution >= 0.6 is 15.9 Å². The van der Waals surface area contributed by atoms with Crippen molar-refractivity contribution >= 4 is 15.9 Å². The van der Waals surface area contributed by atoms with E-state index in [4.69, 9.17) is 5.11 Å². The number of aryl methyl sites for hydroxylation is 1. The van der Waals surface area contributed by atoms with Gasteiger partial charge in [0.1, 0.15) is 0 Å². The molecule has 1 aromatic rings. The molecular weight excluding hydrogens is 244 g/mol. The quantitative estimate of drug-likeness (QED) is 0.868. The average Bonchev–Trinajstić information content (AvgIpc) is 2.20. The monoisotopic (exact) mass is 258 g/mol. The van der Waals surface area contributed by atoms with Gasteiger partial charge in [0.25, 0.3) is 0 Å². The summed E-state index contributed by atoms with van der Waals surface area (Å²) in [5.74, 6) is 0. The van der Waals surface area contributed by atoms with Crippen LogP contribution in [0.1, 0.15) is 17.5 Å². The van der Waals surface area contributed by atoms with E-state index in [-0.39, 0.29) is 6.61 Å². The van der Waals surface area contributed by atoms with E-state index in [0.29, 0.717) is 6.42 Å². The summed E-state index contributed by atoms with van der Waals surface area (Å²) in [6.07, 6.45) is 0.800. The van der Waals surface area contributed by atoms with Crippen LogP contribution in [0.5, 0.6) is 0 Å². The first kappa shape index (κ1) is 11.7. The summed E-state index contributed by atoms with van der Waals surface area (Å²) in [6.45, 7) is 1.89. The van der Waals surface area contributed by atoms with Gasteiger partial charge in [-0.2, -0.15) is 0 Å². The van der Waals surface area contributed by atoms with Crippen molar-refractivity contribution < 1.29 is 10.2 Å². The molecule has 14 heavy (non-hydrogen) atoms. The minimum atomic E-state index is -0.603. The summed E-state index contributed by atoms with van der Waals surface area (Å²) in [4.78, 5) is 0. The molecule has 0 radical (unpaired) electrons. The van der Waals surface area contributed by atoms with Gasteiger partial charge in [0.15, 0.2) is 0 Å². The molecule has 1 unspecified atom stereocenters. The lowest BCUT2D eigenvalue weighted by atomic mass is 10.0. The topological polar surface area (TPSA) is 40.5 Å². The molecule has 0 aliphatic rings. The molecule has 0 bridgehead atoms. The summed E-state index contributed by atoms with van der Waals surface area (Å²) >= 11 is 3.46. The van der Waals surface area contributed by atoms with E-state index < -0.39 is 6.10 Å². The molecule has 1 atom stereocenters. The van der Waals surface area contributed by atoms with Crippen LogP contribution in [0.4, 0.5) is 0 Å². The molecule has 0 amide bonds. The zero-order valence-electron chi connectivity index (χ0n) is 8.20. The fraction of sp³-hybridized carbons (Fsp3) is 0.455. The van der Waals surface area contributed by atoms with Crippen LogP contribution in [0.15, 0.2) is 22.7 Å². The smallest absolute Gasteiger partial charge is 0.0774 e. The Kier molecular flexibility index (Phi) is 4.58. The van der Waals surface area contributed by atoms with Gasteiger partial charge in [-0.1, -0.05) is 28.1 Å². The highest BCUT2D eigenvalue weighted by atomic mass is 79.9. The summed E-state index contributed by atoms with van der Waals surface area (Å²) in [6, 6.07) is 6.03. The van der Waals surface area contributed by atoms with E-state index in [2.05, 4.69) is 15.9 Å². The number of rotatable bonds is 4. The number of benzene rings is 1. The SMILES string of the molecule is Cc1c(Br)cccc1CCC(O)CO. The molecule has 0 heterocycles. The van der Waals surface area contributed by atoms with Gasteiger partial charge in [0.2, 0.25) is 0 Å². The van der Waals surface area contributed by atoms with Crippen molar-refractivity contribution in [2.75, 3.05) is 6.61 Å². The van der Waals surface area contributed by atoms with E-state index in [0.717, 1.165) is 10.9 Å². The van der Waals surface area contributed by atoms with Gasteiger partial charge in [-0.05, 0) is 37.0 Å². The molecule has 0 saturated heterocycles. The minimum Gasteiger partial charge on any atom is -0.394 e. The third-order valence-corrected chi connectivity index (χ3v) is 3.20. The van der Waals surface area contributed by atoms with E-state index >= 15 is 0 Å². The first-order chi connectivity index (χ1) is 6.65. The first-order valence-electron chi connectivity index (χ1n) is 4.68. The van der Waals surface area contributed by atoms with E-state index in [1.54, 1.807) is 0 Å². The molecule has 0 aromatic heterocycles. The lowest BCUT2D eigenvalue weighted by Gasteiger charge is -2.09. The number of hydrogen-bond donors (Lipinski definition) is 2. The Morgan fingerprint density at radius 1 is 1.43 bits per heavy atom. The number of aliphatic hydroxyl groups excluding tert-OH is 2. The highest BCUT2D eigenvalue weighted by Crippen LogP contribution is 2.20. The second-order valence-corrected chi connectivity index (χ2v) is 4.25. The fourth-order valence-electron chi connectivity index (χ4n) is 1.34. The van der Waals surface area contributed by atoms with Gasteiger partial charge < -0.3 is 10.2 Å². The predicted molar refractivity (Wildman–Crippen MR) is 60.3 cm³/mol. The first-order valence-corrected chi connectivity index (χ1v) is 5.47. The van der Waals surface area contributed by atoms with Gasteiger partial charge in [0.05, 0.1) is 12.7 Å². The zero-order chi connectivity index (χ0) is 10.6. The van der Waals surface area contributed by atoms with Gasteiger partial charge >= 0.3 is 0 Å². The fourth-order valence-corrected chi connectivity index (χ4v) is 1.74. The Morgan fingerprint density at radius 3 is 2.79 bits per heavy atom. The highest BCUT2D eigenvalue weighted by molar-refractivity contribution is 9.10. The zero-order valence-corrected chi connectivity index (χ0v) is 9.79.